The molecule has 0 aliphatic carbocycles. The molecule has 0 spiro atoms. The van der Waals surface area contributed by atoms with Crippen molar-refractivity contribution < 1.29 is 9.84 Å². The normalized spacial score (nSPS) is 25.3. The highest BCUT2D eigenvalue weighted by Gasteiger charge is 2.27. The number of benzene rings is 1. The van der Waals surface area contributed by atoms with E-state index in [4.69, 9.17) is 4.74 Å². The predicted molar refractivity (Wildman–Crippen MR) is 98.4 cm³/mol. The van der Waals surface area contributed by atoms with Crippen molar-refractivity contribution >= 4 is 32.5 Å². The number of fused-ring (bicyclic) bond motifs is 2. The lowest BCUT2D eigenvalue weighted by atomic mass is 9.98. The van der Waals surface area contributed by atoms with E-state index in [-0.39, 0.29) is 6.10 Å². The number of aliphatic hydroxyl groups is 1. The van der Waals surface area contributed by atoms with Gasteiger partial charge in [-0.1, -0.05) is 21.6 Å². The number of rotatable bonds is 5. The molecule has 2 aliphatic rings. The van der Waals surface area contributed by atoms with Crippen LogP contribution in [-0.2, 0) is 6.42 Å². The van der Waals surface area contributed by atoms with E-state index in [1.807, 2.05) is 27.8 Å². The first-order valence-electron chi connectivity index (χ1n) is 8.23. The molecule has 0 amide bonds. The zero-order valence-corrected chi connectivity index (χ0v) is 14.6. The summed E-state index contributed by atoms with van der Waals surface area (Å²) in [6.45, 7) is 1.58. The topological polar surface area (TPSA) is 57.3 Å². The van der Waals surface area contributed by atoms with Crippen molar-refractivity contribution in [2.75, 3.05) is 18.8 Å². The molecule has 23 heavy (non-hydrogen) atoms. The van der Waals surface area contributed by atoms with Crippen molar-refractivity contribution in [2.45, 2.75) is 36.7 Å². The fraction of sp³-hybridized carbons (Fsp3) is 0.529. The van der Waals surface area contributed by atoms with Crippen LogP contribution in [0.4, 0.5) is 0 Å². The molecule has 0 radical (unpaired) electrons. The molecule has 4 nitrogen and oxygen atoms in total. The average molecular weight is 351 g/mol. The lowest BCUT2D eigenvalue weighted by Crippen LogP contribution is -2.42. The van der Waals surface area contributed by atoms with Crippen LogP contribution < -0.4 is 10.1 Å². The van der Waals surface area contributed by atoms with Gasteiger partial charge in [-0.25, -0.2) is 0 Å². The highest BCUT2D eigenvalue weighted by molar-refractivity contribution is 8.77. The number of H-pyrrole nitrogens is 1. The number of hydrogen-bond acceptors (Lipinski definition) is 5. The van der Waals surface area contributed by atoms with Crippen LogP contribution in [-0.4, -0.2) is 46.4 Å². The Hall–Kier alpha value is -0.820. The Labute approximate surface area is 144 Å². The van der Waals surface area contributed by atoms with Gasteiger partial charge < -0.3 is 20.1 Å². The third-order valence-electron chi connectivity index (χ3n) is 4.59. The third-order valence-corrected chi connectivity index (χ3v) is 7.53. The van der Waals surface area contributed by atoms with E-state index in [0.717, 1.165) is 36.0 Å². The molecule has 2 aliphatic heterocycles. The second kappa shape index (κ2) is 6.97. The van der Waals surface area contributed by atoms with Crippen LogP contribution in [0.25, 0.3) is 10.9 Å². The van der Waals surface area contributed by atoms with Crippen molar-refractivity contribution in [2.24, 2.45) is 0 Å². The maximum atomic E-state index is 10.4. The number of aliphatic hydroxyl groups excluding tert-OH is 1. The lowest BCUT2D eigenvalue weighted by Gasteiger charge is -2.30. The van der Waals surface area contributed by atoms with Crippen LogP contribution in [0.15, 0.2) is 24.4 Å². The summed E-state index contributed by atoms with van der Waals surface area (Å²) in [6, 6.07) is 6.30. The number of hydrogen-bond donors (Lipinski definition) is 3. The maximum absolute atomic E-state index is 10.4. The minimum Gasteiger partial charge on any atom is -0.487 e. The van der Waals surface area contributed by atoms with E-state index >= 15 is 0 Å². The van der Waals surface area contributed by atoms with Crippen LogP contribution in [0.3, 0.4) is 0 Å². The van der Waals surface area contributed by atoms with Crippen molar-refractivity contribution in [3.63, 3.8) is 0 Å². The molecule has 0 saturated carbocycles. The summed E-state index contributed by atoms with van der Waals surface area (Å²) in [7, 11) is 3.91. The average Bonchev–Trinajstić information content (AvgIpc) is 3.23. The zero-order chi connectivity index (χ0) is 15.6. The molecule has 3 unspecified atom stereocenters. The highest BCUT2D eigenvalue weighted by atomic mass is 33.1. The van der Waals surface area contributed by atoms with E-state index in [0.29, 0.717) is 11.8 Å². The van der Waals surface area contributed by atoms with E-state index < -0.39 is 6.10 Å². The molecule has 1 aromatic heterocycles. The van der Waals surface area contributed by atoms with Gasteiger partial charge in [0.2, 0.25) is 0 Å². The number of aryl methyl sites for hydroxylation is 1. The SMILES string of the molecule is OC(CNCC1CCSS1)C1CCc2cc3[nH]ccc3cc2O1. The summed E-state index contributed by atoms with van der Waals surface area (Å²) in [4.78, 5) is 3.24. The van der Waals surface area contributed by atoms with Crippen LogP contribution in [0.1, 0.15) is 18.4 Å². The van der Waals surface area contributed by atoms with Gasteiger partial charge in [-0.3, -0.25) is 0 Å². The highest BCUT2D eigenvalue weighted by Crippen LogP contribution is 2.37. The summed E-state index contributed by atoms with van der Waals surface area (Å²) in [5.41, 5.74) is 2.38. The van der Waals surface area contributed by atoms with Gasteiger partial charge in [-0.15, -0.1) is 0 Å². The van der Waals surface area contributed by atoms with E-state index in [1.165, 1.54) is 17.7 Å². The molecule has 2 aromatic rings. The molecule has 4 rings (SSSR count). The first-order valence-corrected chi connectivity index (χ1v) is 10.6. The second-order valence-corrected chi connectivity index (χ2v) is 9.06. The summed E-state index contributed by atoms with van der Waals surface area (Å²) in [5, 5.41) is 15.7. The Bertz CT molecular complexity index is 670. The van der Waals surface area contributed by atoms with Gasteiger partial charge in [-0.2, -0.15) is 0 Å². The summed E-state index contributed by atoms with van der Waals surface area (Å²) < 4.78 is 6.08. The Morgan fingerprint density at radius 3 is 3.22 bits per heavy atom. The summed E-state index contributed by atoms with van der Waals surface area (Å²) >= 11 is 0. The van der Waals surface area contributed by atoms with Gasteiger partial charge in [0.25, 0.3) is 0 Å². The van der Waals surface area contributed by atoms with Gasteiger partial charge in [0.05, 0.1) is 0 Å². The number of ether oxygens (including phenoxy) is 1. The van der Waals surface area contributed by atoms with Gasteiger partial charge in [0.1, 0.15) is 18.0 Å². The molecule has 124 valence electrons. The second-order valence-electron chi connectivity index (χ2n) is 6.27. The molecule has 0 bridgehead atoms. The molecule has 1 saturated heterocycles. The smallest absolute Gasteiger partial charge is 0.126 e. The lowest BCUT2D eigenvalue weighted by molar-refractivity contribution is 0.0248. The van der Waals surface area contributed by atoms with Crippen molar-refractivity contribution in [1.82, 2.24) is 10.3 Å². The number of aromatic nitrogens is 1. The van der Waals surface area contributed by atoms with Gasteiger partial charge in [0, 0.05) is 41.2 Å². The Morgan fingerprint density at radius 2 is 2.35 bits per heavy atom. The zero-order valence-electron chi connectivity index (χ0n) is 13.0. The molecular weight excluding hydrogens is 328 g/mol. The van der Waals surface area contributed by atoms with E-state index in [2.05, 4.69) is 28.5 Å². The monoisotopic (exact) mass is 350 g/mol. The molecule has 3 N–H and O–H groups in total. The largest absolute Gasteiger partial charge is 0.487 e. The van der Waals surface area contributed by atoms with Crippen LogP contribution >= 0.6 is 21.6 Å². The first-order chi connectivity index (χ1) is 11.3. The molecule has 1 aromatic carbocycles. The van der Waals surface area contributed by atoms with Crippen LogP contribution in [0, 0.1) is 0 Å². The van der Waals surface area contributed by atoms with Crippen molar-refractivity contribution in [3.05, 3.63) is 30.0 Å². The Morgan fingerprint density at radius 1 is 1.39 bits per heavy atom. The van der Waals surface area contributed by atoms with E-state index in [1.54, 1.807) is 0 Å². The quantitative estimate of drug-likeness (QED) is 0.724. The minimum atomic E-state index is -0.455. The third kappa shape index (κ3) is 3.50. The fourth-order valence-electron chi connectivity index (χ4n) is 3.25. The molecule has 1 fully saturated rings. The van der Waals surface area contributed by atoms with Gasteiger partial charge in [0.15, 0.2) is 0 Å². The number of nitrogens with one attached hydrogen (secondary N) is 2. The first kappa shape index (κ1) is 15.7. The van der Waals surface area contributed by atoms with Crippen LogP contribution in [0.2, 0.25) is 0 Å². The number of aromatic amines is 1. The van der Waals surface area contributed by atoms with Crippen LogP contribution in [0.5, 0.6) is 5.75 Å². The molecule has 3 atom stereocenters. The van der Waals surface area contributed by atoms with Gasteiger partial charge >= 0.3 is 0 Å². The predicted octanol–water partition coefficient (Wildman–Crippen LogP) is 2.97. The summed E-state index contributed by atoms with van der Waals surface area (Å²) in [6.07, 6.45) is 4.47. The van der Waals surface area contributed by atoms with Gasteiger partial charge in [-0.05, 0) is 43.0 Å². The molecular formula is C17H22N2O2S2. The standard InChI is InChI=1S/C17H22N2O2S2/c20-15(10-18-9-13-4-6-22-23-13)16-2-1-12-7-14-11(3-5-19-14)8-17(12)21-16/h3,5,7-8,13,15-16,18-20H,1-2,4,6,9-10H2. The van der Waals surface area contributed by atoms with Crippen molar-refractivity contribution in [1.29, 1.82) is 0 Å². The minimum absolute atomic E-state index is 0.114. The van der Waals surface area contributed by atoms with E-state index in [9.17, 15) is 5.11 Å². The molecule has 3 heterocycles. The maximum Gasteiger partial charge on any atom is 0.126 e. The van der Waals surface area contributed by atoms with Crippen molar-refractivity contribution in [3.8, 4) is 5.75 Å². The Balaban J connectivity index is 1.34. The Kier molecular flexibility index (Phi) is 4.76. The molecule has 6 heteroatoms. The fourth-order valence-corrected chi connectivity index (χ4v) is 6.12. The summed E-state index contributed by atoms with van der Waals surface area (Å²) in [5.74, 6) is 2.17.